The minimum Gasteiger partial charge on any atom is -0.298 e. The van der Waals surface area contributed by atoms with Crippen LogP contribution in [0.4, 0.5) is 4.39 Å². The van der Waals surface area contributed by atoms with Crippen molar-refractivity contribution in [1.29, 1.82) is 5.26 Å². The van der Waals surface area contributed by atoms with E-state index in [2.05, 4.69) is 11.0 Å². The molecule has 0 spiro atoms. The summed E-state index contributed by atoms with van der Waals surface area (Å²) in [5, 5.41) is 8.48. The number of hydrogen-bond acceptors (Lipinski definition) is 2. The molecule has 1 rings (SSSR count). The standard InChI is InChI=1S/C12H15FN2/c1-2-15(9-5-8-14)10-11-6-3-4-7-12(11)13/h3-4,6-7H,2,5,9-10H2,1H3. The number of hydrogen-bond donors (Lipinski definition) is 0. The van der Waals surface area contributed by atoms with Crippen molar-refractivity contribution in [2.75, 3.05) is 13.1 Å². The molecule has 1 aromatic carbocycles. The molecule has 0 bridgehead atoms. The fourth-order valence-corrected chi connectivity index (χ4v) is 1.42. The number of nitriles is 1. The zero-order valence-corrected chi connectivity index (χ0v) is 8.91. The lowest BCUT2D eigenvalue weighted by atomic mass is 10.2. The Morgan fingerprint density at radius 1 is 1.40 bits per heavy atom. The van der Waals surface area contributed by atoms with Crippen molar-refractivity contribution in [2.45, 2.75) is 19.9 Å². The first-order chi connectivity index (χ1) is 7.27. The van der Waals surface area contributed by atoms with E-state index in [0.29, 0.717) is 25.1 Å². The first-order valence-corrected chi connectivity index (χ1v) is 5.10. The van der Waals surface area contributed by atoms with Crippen LogP contribution in [0.5, 0.6) is 0 Å². The van der Waals surface area contributed by atoms with E-state index in [-0.39, 0.29) is 5.82 Å². The summed E-state index contributed by atoms with van der Waals surface area (Å²) in [5.41, 5.74) is 0.692. The van der Waals surface area contributed by atoms with Crippen molar-refractivity contribution < 1.29 is 4.39 Å². The van der Waals surface area contributed by atoms with Gasteiger partial charge in [-0.2, -0.15) is 5.26 Å². The van der Waals surface area contributed by atoms with Crippen LogP contribution in [0.1, 0.15) is 18.9 Å². The lowest BCUT2D eigenvalue weighted by Gasteiger charge is -2.19. The normalized spacial score (nSPS) is 10.3. The van der Waals surface area contributed by atoms with Crippen LogP contribution in [0, 0.1) is 17.1 Å². The summed E-state index contributed by atoms with van der Waals surface area (Å²) < 4.78 is 13.3. The van der Waals surface area contributed by atoms with Crippen LogP contribution in [0.3, 0.4) is 0 Å². The van der Waals surface area contributed by atoms with Gasteiger partial charge in [-0.25, -0.2) is 4.39 Å². The Morgan fingerprint density at radius 3 is 2.73 bits per heavy atom. The predicted octanol–water partition coefficient (Wildman–Crippen LogP) is 2.56. The summed E-state index contributed by atoms with van der Waals surface area (Å²) in [6.07, 6.45) is 0.488. The largest absolute Gasteiger partial charge is 0.298 e. The SMILES string of the molecule is CCN(CCC#N)Cc1ccccc1F. The highest BCUT2D eigenvalue weighted by atomic mass is 19.1. The molecular formula is C12H15FN2. The Labute approximate surface area is 89.9 Å². The van der Waals surface area contributed by atoms with Gasteiger partial charge in [-0.05, 0) is 12.6 Å². The molecule has 1 aromatic rings. The van der Waals surface area contributed by atoms with Crippen molar-refractivity contribution in [1.82, 2.24) is 4.90 Å². The zero-order valence-electron chi connectivity index (χ0n) is 8.91. The molecule has 2 nitrogen and oxygen atoms in total. The predicted molar refractivity (Wildman–Crippen MR) is 57.6 cm³/mol. The highest BCUT2D eigenvalue weighted by Crippen LogP contribution is 2.09. The van der Waals surface area contributed by atoms with Crippen molar-refractivity contribution >= 4 is 0 Å². The van der Waals surface area contributed by atoms with E-state index >= 15 is 0 Å². The fourth-order valence-electron chi connectivity index (χ4n) is 1.42. The highest BCUT2D eigenvalue weighted by Gasteiger charge is 2.06. The van der Waals surface area contributed by atoms with Crippen LogP contribution in [-0.2, 0) is 6.54 Å². The Hall–Kier alpha value is -1.40. The van der Waals surface area contributed by atoms with Crippen molar-refractivity contribution in [3.05, 3.63) is 35.6 Å². The van der Waals surface area contributed by atoms with Gasteiger partial charge >= 0.3 is 0 Å². The number of nitrogens with zero attached hydrogens (tertiary/aromatic N) is 2. The van der Waals surface area contributed by atoms with Crippen molar-refractivity contribution in [2.24, 2.45) is 0 Å². The Balaban J connectivity index is 2.59. The van der Waals surface area contributed by atoms with Gasteiger partial charge in [-0.3, -0.25) is 4.90 Å². The summed E-state index contributed by atoms with van der Waals surface area (Å²) in [7, 11) is 0. The molecule has 0 saturated carbocycles. The molecule has 0 aliphatic carbocycles. The highest BCUT2D eigenvalue weighted by molar-refractivity contribution is 5.17. The van der Waals surface area contributed by atoms with E-state index < -0.39 is 0 Å². The average Bonchev–Trinajstić information content (AvgIpc) is 2.26. The average molecular weight is 206 g/mol. The van der Waals surface area contributed by atoms with Gasteiger partial charge in [-0.15, -0.1) is 0 Å². The van der Waals surface area contributed by atoms with Gasteiger partial charge in [0, 0.05) is 25.1 Å². The summed E-state index contributed by atoms with van der Waals surface area (Å²) in [6, 6.07) is 8.86. The summed E-state index contributed by atoms with van der Waals surface area (Å²) in [6.45, 7) is 4.11. The maximum Gasteiger partial charge on any atom is 0.127 e. The third-order valence-electron chi connectivity index (χ3n) is 2.34. The third kappa shape index (κ3) is 3.69. The van der Waals surface area contributed by atoms with Gasteiger partial charge in [-0.1, -0.05) is 25.1 Å². The second-order valence-electron chi connectivity index (χ2n) is 3.37. The smallest absolute Gasteiger partial charge is 0.127 e. The molecule has 0 heterocycles. The molecule has 0 aliphatic rings. The van der Waals surface area contributed by atoms with Crippen LogP contribution in [0.15, 0.2) is 24.3 Å². The van der Waals surface area contributed by atoms with E-state index in [4.69, 9.17) is 5.26 Å². The lowest BCUT2D eigenvalue weighted by molar-refractivity contribution is 0.282. The Morgan fingerprint density at radius 2 is 2.13 bits per heavy atom. The Kier molecular flexibility index (Phi) is 4.79. The van der Waals surface area contributed by atoms with Gasteiger partial charge in [0.2, 0.25) is 0 Å². The molecule has 80 valence electrons. The molecule has 0 aromatic heterocycles. The molecule has 0 unspecified atom stereocenters. The quantitative estimate of drug-likeness (QED) is 0.740. The molecule has 0 aliphatic heterocycles. The summed E-state index contributed by atoms with van der Waals surface area (Å²) in [4.78, 5) is 2.06. The van der Waals surface area contributed by atoms with Crippen LogP contribution < -0.4 is 0 Å². The van der Waals surface area contributed by atoms with Gasteiger partial charge in [0.25, 0.3) is 0 Å². The maximum atomic E-state index is 13.3. The number of benzene rings is 1. The molecule has 0 fully saturated rings. The minimum absolute atomic E-state index is 0.173. The minimum atomic E-state index is -0.173. The molecular weight excluding hydrogens is 191 g/mol. The van der Waals surface area contributed by atoms with E-state index in [1.54, 1.807) is 12.1 Å². The molecule has 15 heavy (non-hydrogen) atoms. The zero-order chi connectivity index (χ0) is 11.1. The van der Waals surface area contributed by atoms with E-state index in [1.807, 2.05) is 13.0 Å². The summed E-state index contributed by atoms with van der Waals surface area (Å²) in [5.74, 6) is -0.173. The van der Waals surface area contributed by atoms with Gasteiger partial charge in [0.15, 0.2) is 0 Å². The molecule has 0 atom stereocenters. The van der Waals surface area contributed by atoms with Crippen molar-refractivity contribution in [3.63, 3.8) is 0 Å². The monoisotopic (exact) mass is 206 g/mol. The van der Waals surface area contributed by atoms with Gasteiger partial charge < -0.3 is 0 Å². The molecule has 3 heteroatoms. The van der Waals surface area contributed by atoms with E-state index in [0.717, 1.165) is 6.54 Å². The second-order valence-corrected chi connectivity index (χ2v) is 3.37. The topological polar surface area (TPSA) is 27.0 Å². The molecule has 0 N–H and O–H groups in total. The first-order valence-electron chi connectivity index (χ1n) is 5.10. The van der Waals surface area contributed by atoms with E-state index in [1.165, 1.54) is 6.07 Å². The van der Waals surface area contributed by atoms with Crippen molar-refractivity contribution in [3.8, 4) is 6.07 Å². The van der Waals surface area contributed by atoms with Crippen LogP contribution >= 0.6 is 0 Å². The fraction of sp³-hybridized carbons (Fsp3) is 0.417. The van der Waals surface area contributed by atoms with Gasteiger partial charge in [0.05, 0.1) is 6.07 Å². The molecule has 0 amide bonds. The first kappa shape index (κ1) is 11.7. The third-order valence-corrected chi connectivity index (χ3v) is 2.34. The number of halogens is 1. The number of rotatable bonds is 5. The Bertz CT molecular complexity index is 344. The van der Waals surface area contributed by atoms with Crippen LogP contribution in [0.2, 0.25) is 0 Å². The van der Waals surface area contributed by atoms with Crippen LogP contribution in [0.25, 0.3) is 0 Å². The van der Waals surface area contributed by atoms with E-state index in [9.17, 15) is 4.39 Å². The lowest BCUT2D eigenvalue weighted by Crippen LogP contribution is -2.24. The second kappa shape index (κ2) is 6.15. The summed E-state index contributed by atoms with van der Waals surface area (Å²) >= 11 is 0. The van der Waals surface area contributed by atoms with Crippen LogP contribution in [-0.4, -0.2) is 18.0 Å². The maximum absolute atomic E-state index is 13.3. The molecule has 0 saturated heterocycles. The molecule has 0 radical (unpaired) electrons. The van der Waals surface area contributed by atoms with Gasteiger partial charge in [0.1, 0.15) is 5.82 Å².